The number of sulfonamides is 1. The van der Waals surface area contributed by atoms with Crippen LogP contribution in [0.1, 0.15) is 17.4 Å². The summed E-state index contributed by atoms with van der Waals surface area (Å²) in [6, 6.07) is 14.8. The van der Waals surface area contributed by atoms with E-state index in [1.165, 1.54) is 35.9 Å². The number of anilines is 1. The smallest absolute Gasteiger partial charge is 0.269 e. The SMILES string of the molecule is CC(=O)Nc1ccc2ccc3c(C(N)=O)nn(-c4ccc(S(N)(=O)=O)cc4)c3c2c1. The van der Waals surface area contributed by atoms with E-state index in [9.17, 15) is 18.0 Å². The minimum absolute atomic E-state index is 0.0457. The number of primary sulfonamides is 1. The number of amides is 2. The van der Waals surface area contributed by atoms with Crippen LogP contribution in [0.3, 0.4) is 0 Å². The second-order valence-corrected chi connectivity index (χ2v) is 8.30. The largest absolute Gasteiger partial charge is 0.364 e. The van der Waals surface area contributed by atoms with E-state index in [1.54, 1.807) is 18.2 Å². The fourth-order valence-corrected chi connectivity index (χ4v) is 3.87. The predicted octanol–water partition coefficient (Wildman–Crippen LogP) is 1.88. The van der Waals surface area contributed by atoms with Gasteiger partial charge >= 0.3 is 0 Å². The van der Waals surface area contributed by atoms with E-state index in [2.05, 4.69) is 10.4 Å². The fourth-order valence-electron chi connectivity index (χ4n) is 3.35. The summed E-state index contributed by atoms with van der Waals surface area (Å²) in [7, 11) is -3.85. The van der Waals surface area contributed by atoms with E-state index in [4.69, 9.17) is 10.9 Å². The van der Waals surface area contributed by atoms with Crippen LogP contribution in [0.2, 0.25) is 0 Å². The highest BCUT2D eigenvalue weighted by atomic mass is 32.2. The zero-order chi connectivity index (χ0) is 21.6. The van der Waals surface area contributed by atoms with Crippen LogP contribution in [0.25, 0.3) is 27.4 Å². The number of nitrogens with one attached hydrogen (secondary N) is 1. The highest BCUT2D eigenvalue weighted by molar-refractivity contribution is 7.89. The summed E-state index contributed by atoms with van der Waals surface area (Å²) in [5, 5.41) is 14.4. The number of aromatic nitrogens is 2. The van der Waals surface area contributed by atoms with Crippen molar-refractivity contribution in [2.45, 2.75) is 11.8 Å². The summed E-state index contributed by atoms with van der Waals surface area (Å²) < 4.78 is 24.6. The van der Waals surface area contributed by atoms with Crippen LogP contribution in [-0.4, -0.2) is 30.0 Å². The minimum atomic E-state index is -3.85. The molecule has 0 bridgehead atoms. The number of hydrogen-bond acceptors (Lipinski definition) is 5. The lowest BCUT2D eigenvalue weighted by atomic mass is 10.0. The molecule has 0 aliphatic carbocycles. The van der Waals surface area contributed by atoms with Gasteiger partial charge in [0.2, 0.25) is 15.9 Å². The van der Waals surface area contributed by atoms with Crippen molar-refractivity contribution in [1.29, 1.82) is 0 Å². The molecule has 0 fully saturated rings. The van der Waals surface area contributed by atoms with Crippen molar-refractivity contribution >= 4 is 49.2 Å². The number of hydrogen-bond donors (Lipinski definition) is 3. The van der Waals surface area contributed by atoms with Crippen LogP contribution in [0, 0.1) is 0 Å². The molecule has 0 aliphatic rings. The number of benzene rings is 3. The normalized spacial score (nSPS) is 11.7. The van der Waals surface area contributed by atoms with Crippen LogP contribution in [0.5, 0.6) is 0 Å². The first-order chi connectivity index (χ1) is 14.1. The molecule has 10 heteroatoms. The topological polar surface area (TPSA) is 150 Å². The Morgan fingerprint density at radius 3 is 2.27 bits per heavy atom. The van der Waals surface area contributed by atoms with Crippen LogP contribution in [0.15, 0.2) is 59.5 Å². The van der Waals surface area contributed by atoms with Gasteiger partial charge in [-0.25, -0.2) is 18.2 Å². The molecular weight excluding hydrogens is 406 g/mol. The molecule has 0 aliphatic heterocycles. The molecule has 1 heterocycles. The van der Waals surface area contributed by atoms with E-state index in [0.29, 0.717) is 22.3 Å². The maximum Gasteiger partial charge on any atom is 0.269 e. The quantitative estimate of drug-likeness (QED) is 0.458. The molecule has 0 unspecified atom stereocenters. The number of carbonyl (C=O) groups excluding carboxylic acids is 2. The number of primary amides is 1. The second-order valence-electron chi connectivity index (χ2n) is 6.74. The van der Waals surface area contributed by atoms with Gasteiger partial charge in [-0.1, -0.05) is 12.1 Å². The van der Waals surface area contributed by atoms with Gasteiger partial charge in [0.1, 0.15) is 0 Å². The molecule has 0 spiro atoms. The van der Waals surface area contributed by atoms with Gasteiger partial charge in [0.25, 0.3) is 5.91 Å². The van der Waals surface area contributed by atoms with Crippen LogP contribution in [0.4, 0.5) is 5.69 Å². The van der Waals surface area contributed by atoms with Crippen molar-refractivity contribution in [3.63, 3.8) is 0 Å². The Balaban J connectivity index is 2.03. The van der Waals surface area contributed by atoms with E-state index in [1.807, 2.05) is 12.1 Å². The Labute approximate surface area is 171 Å². The minimum Gasteiger partial charge on any atom is -0.364 e. The van der Waals surface area contributed by atoms with Gasteiger partial charge < -0.3 is 11.1 Å². The Morgan fingerprint density at radius 2 is 1.67 bits per heavy atom. The Bertz CT molecular complexity index is 1440. The van der Waals surface area contributed by atoms with Crippen LogP contribution >= 0.6 is 0 Å². The molecule has 0 saturated carbocycles. The van der Waals surface area contributed by atoms with Gasteiger partial charge in [-0.3, -0.25) is 9.59 Å². The zero-order valence-electron chi connectivity index (χ0n) is 15.8. The molecule has 0 atom stereocenters. The third kappa shape index (κ3) is 3.38. The van der Waals surface area contributed by atoms with Crippen molar-refractivity contribution in [3.05, 3.63) is 60.3 Å². The average Bonchev–Trinajstić information content (AvgIpc) is 3.07. The third-order valence-electron chi connectivity index (χ3n) is 4.62. The van der Waals surface area contributed by atoms with Gasteiger partial charge in [0.05, 0.1) is 16.1 Å². The highest BCUT2D eigenvalue weighted by Crippen LogP contribution is 2.32. The maximum atomic E-state index is 12.0. The van der Waals surface area contributed by atoms with Crippen molar-refractivity contribution in [1.82, 2.24) is 9.78 Å². The summed E-state index contributed by atoms with van der Waals surface area (Å²) in [5.74, 6) is -0.913. The molecule has 0 radical (unpaired) electrons. The van der Waals surface area contributed by atoms with E-state index in [0.717, 1.165) is 10.8 Å². The Morgan fingerprint density at radius 1 is 1.00 bits per heavy atom. The van der Waals surface area contributed by atoms with Gasteiger partial charge in [0, 0.05) is 23.4 Å². The standard InChI is InChI=1S/C20H17N5O4S/c1-11(26)23-13-4-2-12-3-9-16-18(20(21)27)24-25(19(16)17(12)10-13)14-5-7-15(8-6-14)30(22,28)29/h2-10H,1H3,(H2,21,27)(H,23,26)(H2,22,28,29). The molecular formula is C20H17N5O4S. The highest BCUT2D eigenvalue weighted by Gasteiger charge is 2.19. The van der Waals surface area contributed by atoms with Gasteiger partial charge in [-0.05, 0) is 47.9 Å². The van der Waals surface area contributed by atoms with Crippen molar-refractivity contribution in [2.24, 2.45) is 10.9 Å². The van der Waals surface area contributed by atoms with Crippen molar-refractivity contribution < 1.29 is 18.0 Å². The number of fused-ring (bicyclic) bond motifs is 3. The summed E-state index contributed by atoms with van der Waals surface area (Å²) in [4.78, 5) is 23.4. The second kappa shape index (κ2) is 6.94. The van der Waals surface area contributed by atoms with Crippen molar-refractivity contribution in [3.8, 4) is 5.69 Å². The Kier molecular flexibility index (Phi) is 4.52. The van der Waals surface area contributed by atoms with E-state index in [-0.39, 0.29) is 16.5 Å². The third-order valence-corrected chi connectivity index (χ3v) is 5.55. The van der Waals surface area contributed by atoms with Crippen LogP contribution in [-0.2, 0) is 14.8 Å². The lowest BCUT2D eigenvalue weighted by Gasteiger charge is -2.09. The first-order valence-electron chi connectivity index (χ1n) is 8.81. The number of nitrogens with two attached hydrogens (primary N) is 2. The monoisotopic (exact) mass is 423 g/mol. The van der Waals surface area contributed by atoms with Gasteiger partial charge in [-0.2, -0.15) is 5.10 Å². The van der Waals surface area contributed by atoms with Gasteiger partial charge in [-0.15, -0.1) is 0 Å². The number of rotatable bonds is 4. The summed E-state index contributed by atoms with van der Waals surface area (Å²) in [5.41, 5.74) is 7.29. The predicted molar refractivity (Wildman–Crippen MR) is 113 cm³/mol. The summed E-state index contributed by atoms with van der Waals surface area (Å²) in [6.45, 7) is 1.41. The first kappa shape index (κ1) is 19.6. The van der Waals surface area contributed by atoms with E-state index < -0.39 is 15.9 Å². The molecule has 5 N–H and O–H groups in total. The van der Waals surface area contributed by atoms with Gasteiger partial charge in [0.15, 0.2) is 5.69 Å². The van der Waals surface area contributed by atoms with Crippen LogP contribution < -0.4 is 16.2 Å². The zero-order valence-corrected chi connectivity index (χ0v) is 16.6. The fraction of sp³-hybridized carbons (Fsp3) is 0.0500. The molecule has 2 amide bonds. The average molecular weight is 423 g/mol. The lowest BCUT2D eigenvalue weighted by molar-refractivity contribution is -0.114. The molecule has 9 nitrogen and oxygen atoms in total. The maximum absolute atomic E-state index is 12.0. The van der Waals surface area contributed by atoms with Crippen molar-refractivity contribution in [2.75, 3.05) is 5.32 Å². The summed E-state index contributed by atoms with van der Waals surface area (Å²) in [6.07, 6.45) is 0. The molecule has 1 aromatic heterocycles. The molecule has 4 aromatic rings. The molecule has 0 saturated heterocycles. The molecule has 3 aromatic carbocycles. The molecule has 4 rings (SSSR count). The summed E-state index contributed by atoms with van der Waals surface area (Å²) >= 11 is 0. The molecule has 152 valence electrons. The van der Waals surface area contributed by atoms with E-state index >= 15 is 0 Å². The molecule has 30 heavy (non-hydrogen) atoms. The lowest BCUT2D eigenvalue weighted by Crippen LogP contribution is -2.13. The number of nitrogens with zero attached hydrogens (tertiary/aromatic N) is 2. The first-order valence-corrected chi connectivity index (χ1v) is 10.4. The number of carbonyl (C=O) groups is 2. The Hall–Kier alpha value is -3.76.